The maximum atomic E-state index is 6.13. The first-order valence-corrected chi connectivity index (χ1v) is 6.77. The quantitative estimate of drug-likeness (QED) is 0.831. The minimum atomic E-state index is -0.338. The highest BCUT2D eigenvalue weighted by Gasteiger charge is 2.52. The van der Waals surface area contributed by atoms with Crippen LogP contribution in [0.5, 0.6) is 0 Å². The summed E-state index contributed by atoms with van der Waals surface area (Å²) in [4.78, 5) is 4.24. The van der Waals surface area contributed by atoms with Crippen LogP contribution in [0.3, 0.4) is 0 Å². The molecular weight excluding hydrogens is 239 g/mol. The van der Waals surface area contributed by atoms with Gasteiger partial charge in [0, 0.05) is 12.4 Å². The lowest BCUT2D eigenvalue weighted by molar-refractivity contribution is 0.00578. The summed E-state index contributed by atoms with van der Waals surface area (Å²) in [5, 5.41) is 0. The molecule has 0 aromatic carbocycles. The number of hydrogen-bond donors (Lipinski definition) is 1. The summed E-state index contributed by atoms with van der Waals surface area (Å²) in [6, 6.07) is 0. The van der Waals surface area contributed by atoms with Crippen molar-refractivity contribution in [2.45, 2.75) is 52.2 Å². The van der Waals surface area contributed by atoms with Gasteiger partial charge >= 0.3 is 7.12 Å². The molecule has 1 fully saturated rings. The first-order valence-electron chi connectivity index (χ1n) is 6.77. The number of aromatic nitrogens is 1. The molecule has 0 amide bonds. The lowest BCUT2D eigenvalue weighted by Crippen LogP contribution is -2.41. The Balaban J connectivity index is 2.39. The van der Waals surface area contributed by atoms with E-state index >= 15 is 0 Å². The van der Waals surface area contributed by atoms with Crippen molar-refractivity contribution in [3.05, 3.63) is 23.5 Å². The minimum Gasteiger partial charge on any atom is -0.399 e. The molecule has 104 valence electrons. The van der Waals surface area contributed by atoms with Gasteiger partial charge in [0.2, 0.25) is 0 Å². The molecule has 5 heteroatoms. The maximum absolute atomic E-state index is 6.13. The molecule has 1 saturated heterocycles. The summed E-state index contributed by atoms with van der Waals surface area (Å²) >= 11 is 0. The first kappa shape index (κ1) is 14.5. The molecular formula is C14H23BN2O2. The molecule has 0 spiro atoms. The largest absolute Gasteiger partial charge is 0.495 e. The molecule has 2 heterocycles. The molecule has 4 nitrogen and oxygen atoms in total. The molecule has 2 rings (SSSR count). The van der Waals surface area contributed by atoms with Crippen LogP contribution < -0.4 is 11.2 Å². The average Bonchev–Trinajstić information content (AvgIpc) is 2.48. The number of rotatable bonds is 3. The van der Waals surface area contributed by atoms with Crippen molar-refractivity contribution in [3.63, 3.8) is 0 Å². The highest BCUT2D eigenvalue weighted by atomic mass is 16.7. The Morgan fingerprint density at radius 1 is 1.16 bits per heavy atom. The van der Waals surface area contributed by atoms with E-state index in [0.29, 0.717) is 6.54 Å². The number of aryl methyl sites for hydroxylation is 1. The normalized spacial score (nSPS) is 20.8. The summed E-state index contributed by atoms with van der Waals surface area (Å²) in [6.07, 6.45) is 4.49. The first-order chi connectivity index (χ1) is 8.78. The van der Waals surface area contributed by atoms with Gasteiger partial charge < -0.3 is 15.0 Å². The molecule has 0 saturated carbocycles. The summed E-state index contributed by atoms with van der Waals surface area (Å²) in [5.74, 6) is 0. The number of pyridine rings is 1. The summed E-state index contributed by atoms with van der Waals surface area (Å²) in [6.45, 7) is 10.9. The predicted molar refractivity (Wildman–Crippen MR) is 77.4 cm³/mol. The van der Waals surface area contributed by atoms with E-state index in [1.807, 2.05) is 19.3 Å². The van der Waals surface area contributed by atoms with Gasteiger partial charge in [0.15, 0.2) is 0 Å². The topological polar surface area (TPSA) is 57.4 Å². The van der Waals surface area contributed by atoms with Crippen LogP contribution in [0.25, 0.3) is 0 Å². The van der Waals surface area contributed by atoms with Gasteiger partial charge in [0.25, 0.3) is 0 Å². The predicted octanol–water partition coefficient (Wildman–Crippen LogP) is 1.19. The van der Waals surface area contributed by atoms with Crippen LogP contribution in [0, 0.1) is 6.92 Å². The molecule has 1 aliphatic rings. The van der Waals surface area contributed by atoms with E-state index in [4.69, 9.17) is 15.0 Å². The lowest BCUT2D eigenvalue weighted by Gasteiger charge is -2.32. The van der Waals surface area contributed by atoms with Gasteiger partial charge in [-0.1, -0.05) is 0 Å². The van der Waals surface area contributed by atoms with Gasteiger partial charge in [0.1, 0.15) is 0 Å². The van der Waals surface area contributed by atoms with Crippen LogP contribution in [-0.2, 0) is 15.7 Å². The molecule has 0 atom stereocenters. The lowest BCUT2D eigenvalue weighted by atomic mass is 9.73. The van der Waals surface area contributed by atoms with Crippen molar-refractivity contribution >= 4 is 12.6 Å². The van der Waals surface area contributed by atoms with Gasteiger partial charge in [-0.15, -0.1) is 0 Å². The third kappa shape index (κ3) is 2.55. The Kier molecular flexibility index (Phi) is 3.73. The molecule has 2 N–H and O–H groups in total. The highest BCUT2D eigenvalue weighted by molar-refractivity contribution is 6.63. The fourth-order valence-corrected chi connectivity index (χ4v) is 2.28. The van der Waals surface area contributed by atoms with E-state index in [9.17, 15) is 0 Å². The third-order valence-corrected chi connectivity index (χ3v) is 4.17. The zero-order valence-electron chi connectivity index (χ0n) is 12.5. The van der Waals surface area contributed by atoms with E-state index < -0.39 is 0 Å². The van der Waals surface area contributed by atoms with E-state index in [-0.39, 0.29) is 18.3 Å². The summed E-state index contributed by atoms with van der Waals surface area (Å²) < 4.78 is 12.3. The van der Waals surface area contributed by atoms with Gasteiger partial charge in [-0.2, -0.15) is 0 Å². The Morgan fingerprint density at radius 2 is 1.74 bits per heavy atom. The van der Waals surface area contributed by atoms with Crippen LogP contribution >= 0.6 is 0 Å². The zero-order valence-corrected chi connectivity index (χ0v) is 12.5. The Hall–Kier alpha value is -0.905. The number of hydrogen-bond acceptors (Lipinski definition) is 4. The van der Waals surface area contributed by atoms with Gasteiger partial charge in [0.05, 0.1) is 11.2 Å². The van der Waals surface area contributed by atoms with Crippen LogP contribution in [0.2, 0.25) is 0 Å². The fourth-order valence-electron chi connectivity index (χ4n) is 2.28. The fraction of sp³-hybridized carbons (Fsp3) is 0.643. The SMILES string of the molecule is Cc1cncc(CCN)c1B1OC(C)(C)C(C)(C)O1. The highest BCUT2D eigenvalue weighted by Crippen LogP contribution is 2.36. The van der Waals surface area contributed by atoms with Gasteiger partial charge in [-0.05, 0) is 64.2 Å². The smallest absolute Gasteiger partial charge is 0.399 e. The van der Waals surface area contributed by atoms with Gasteiger partial charge in [-0.25, -0.2) is 0 Å². The second kappa shape index (κ2) is 4.89. The van der Waals surface area contributed by atoms with Crippen molar-refractivity contribution in [1.29, 1.82) is 0 Å². The molecule has 1 aliphatic heterocycles. The Morgan fingerprint density at radius 3 is 2.26 bits per heavy atom. The molecule has 19 heavy (non-hydrogen) atoms. The second-order valence-corrected chi connectivity index (χ2v) is 6.16. The van der Waals surface area contributed by atoms with Crippen molar-refractivity contribution in [1.82, 2.24) is 4.98 Å². The Bertz CT molecular complexity index is 459. The molecule has 1 aromatic heterocycles. The van der Waals surface area contributed by atoms with Crippen molar-refractivity contribution in [3.8, 4) is 0 Å². The van der Waals surface area contributed by atoms with E-state index in [2.05, 4.69) is 32.7 Å². The minimum absolute atomic E-state index is 0.326. The van der Waals surface area contributed by atoms with E-state index in [1.54, 1.807) is 0 Å². The van der Waals surface area contributed by atoms with Crippen molar-refractivity contribution < 1.29 is 9.31 Å². The molecule has 1 aromatic rings. The summed E-state index contributed by atoms with van der Waals surface area (Å²) in [7, 11) is -0.338. The van der Waals surface area contributed by atoms with Gasteiger partial charge in [-0.3, -0.25) is 4.98 Å². The van der Waals surface area contributed by atoms with Crippen LogP contribution in [-0.4, -0.2) is 29.8 Å². The monoisotopic (exact) mass is 262 g/mol. The standard InChI is InChI=1S/C14H23BN2O2/c1-10-8-17-9-11(6-7-16)12(10)15-18-13(2,3)14(4,5)19-15/h8-9H,6-7,16H2,1-5H3. The van der Waals surface area contributed by atoms with Crippen molar-refractivity contribution in [2.24, 2.45) is 5.73 Å². The molecule has 0 bridgehead atoms. The van der Waals surface area contributed by atoms with Crippen molar-refractivity contribution in [2.75, 3.05) is 6.54 Å². The average molecular weight is 262 g/mol. The number of nitrogens with zero attached hydrogens (tertiary/aromatic N) is 1. The van der Waals surface area contributed by atoms with E-state index in [0.717, 1.165) is 23.0 Å². The van der Waals surface area contributed by atoms with E-state index in [1.165, 1.54) is 0 Å². The third-order valence-electron chi connectivity index (χ3n) is 4.17. The second-order valence-electron chi connectivity index (χ2n) is 6.16. The summed E-state index contributed by atoms with van der Waals surface area (Å²) in [5.41, 5.74) is 8.31. The number of nitrogens with two attached hydrogens (primary N) is 1. The maximum Gasteiger partial charge on any atom is 0.495 e. The molecule has 0 unspecified atom stereocenters. The Labute approximate surface area is 115 Å². The molecule has 0 radical (unpaired) electrons. The zero-order chi connectivity index (χ0) is 14.3. The van der Waals surface area contributed by atoms with Crippen LogP contribution in [0.4, 0.5) is 0 Å². The molecule has 0 aliphatic carbocycles. The van der Waals surface area contributed by atoms with Crippen LogP contribution in [0.1, 0.15) is 38.8 Å². The van der Waals surface area contributed by atoms with Crippen LogP contribution in [0.15, 0.2) is 12.4 Å².